The van der Waals surface area contributed by atoms with Gasteiger partial charge in [0.1, 0.15) is 3.92 Å². The van der Waals surface area contributed by atoms with Gasteiger partial charge in [-0.1, -0.05) is 22.6 Å². The topological polar surface area (TPSA) is 54.0 Å². The molecule has 1 unspecified atom stereocenters. The van der Waals surface area contributed by atoms with Crippen molar-refractivity contribution in [2.45, 2.75) is 30.1 Å². The number of methoxy groups -OCH3 is 3. The molecule has 0 heterocycles. The lowest BCUT2D eigenvalue weighted by Crippen LogP contribution is -2.17. The molecule has 1 atom stereocenters. The number of halogens is 1. The van der Waals surface area contributed by atoms with E-state index in [-0.39, 0.29) is 9.89 Å². The van der Waals surface area contributed by atoms with Crippen LogP contribution in [0.3, 0.4) is 0 Å². The molecule has 0 fully saturated rings. The second-order valence-corrected chi connectivity index (χ2v) is 6.15. The van der Waals surface area contributed by atoms with E-state index in [1.165, 1.54) is 0 Å². The first-order chi connectivity index (χ1) is 10.6. The van der Waals surface area contributed by atoms with Crippen LogP contribution in [0.2, 0.25) is 0 Å². The first kappa shape index (κ1) is 18.9. The molecule has 6 heteroatoms. The van der Waals surface area contributed by atoms with Gasteiger partial charge < -0.3 is 18.9 Å². The molecule has 0 saturated carbocycles. The Bertz CT molecular complexity index is 464. The minimum absolute atomic E-state index is 0.111. The molecule has 1 aromatic rings. The van der Waals surface area contributed by atoms with Crippen molar-refractivity contribution < 1.29 is 23.7 Å². The Morgan fingerprint density at radius 1 is 1.14 bits per heavy atom. The number of carbonyl (C=O) groups is 1. The quantitative estimate of drug-likeness (QED) is 0.347. The van der Waals surface area contributed by atoms with Crippen LogP contribution >= 0.6 is 22.6 Å². The maximum absolute atomic E-state index is 11.6. The van der Waals surface area contributed by atoms with Crippen molar-refractivity contribution in [2.75, 3.05) is 27.9 Å². The molecule has 0 aromatic heterocycles. The van der Waals surface area contributed by atoms with Gasteiger partial charge >= 0.3 is 5.97 Å². The van der Waals surface area contributed by atoms with Crippen LogP contribution in [-0.2, 0) is 16.0 Å². The molecule has 0 N–H and O–H groups in total. The van der Waals surface area contributed by atoms with Gasteiger partial charge in [-0.3, -0.25) is 4.79 Å². The third-order valence-corrected chi connectivity index (χ3v) is 4.32. The molecular formula is C16H23IO5. The van der Waals surface area contributed by atoms with E-state index in [0.717, 1.165) is 24.8 Å². The van der Waals surface area contributed by atoms with Crippen LogP contribution in [0.4, 0.5) is 0 Å². The summed E-state index contributed by atoms with van der Waals surface area (Å²) in [7, 11) is 4.78. The molecule has 0 bridgehead atoms. The molecule has 22 heavy (non-hydrogen) atoms. The fourth-order valence-electron chi connectivity index (χ4n) is 2.12. The van der Waals surface area contributed by atoms with Crippen molar-refractivity contribution >= 4 is 28.6 Å². The van der Waals surface area contributed by atoms with Gasteiger partial charge in [0.05, 0.1) is 27.9 Å². The van der Waals surface area contributed by atoms with Crippen LogP contribution in [0.15, 0.2) is 12.1 Å². The first-order valence-electron chi connectivity index (χ1n) is 7.16. The van der Waals surface area contributed by atoms with Crippen LogP contribution in [0, 0.1) is 0 Å². The van der Waals surface area contributed by atoms with Crippen LogP contribution < -0.4 is 14.2 Å². The fraction of sp³-hybridized carbons (Fsp3) is 0.562. The van der Waals surface area contributed by atoms with Crippen molar-refractivity contribution in [3.05, 3.63) is 17.7 Å². The Morgan fingerprint density at radius 2 is 1.73 bits per heavy atom. The van der Waals surface area contributed by atoms with Gasteiger partial charge in [0.15, 0.2) is 11.5 Å². The highest BCUT2D eigenvalue weighted by Gasteiger charge is 2.16. The van der Waals surface area contributed by atoms with Crippen LogP contribution in [0.25, 0.3) is 0 Å². The SMILES string of the molecule is CCOC(=O)C(I)CCCc1cc(OC)c(OC)c(OC)c1. The zero-order valence-electron chi connectivity index (χ0n) is 13.5. The lowest BCUT2D eigenvalue weighted by molar-refractivity contribution is -0.142. The lowest BCUT2D eigenvalue weighted by atomic mass is 10.1. The van der Waals surface area contributed by atoms with Gasteiger partial charge in [-0.05, 0) is 43.9 Å². The number of hydrogen-bond donors (Lipinski definition) is 0. The molecule has 0 radical (unpaired) electrons. The molecule has 0 saturated heterocycles. The van der Waals surface area contributed by atoms with Gasteiger partial charge in [-0.2, -0.15) is 0 Å². The molecule has 0 aliphatic heterocycles. The molecular weight excluding hydrogens is 399 g/mol. The number of hydrogen-bond acceptors (Lipinski definition) is 5. The van der Waals surface area contributed by atoms with Crippen LogP contribution in [0.1, 0.15) is 25.3 Å². The number of benzene rings is 1. The summed E-state index contributed by atoms with van der Waals surface area (Å²) in [6.07, 6.45) is 2.48. The Hall–Kier alpha value is -1.18. The van der Waals surface area contributed by atoms with Gasteiger partial charge in [0, 0.05) is 0 Å². The van der Waals surface area contributed by atoms with E-state index in [4.69, 9.17) is 18.9 Å². The second kappa shape index (κ2) is 9.76. The molecule has 0 aliphatic rings. The summed E-state index contributed by atoms with van der Waals surface area (Å²) in [5, 5.41) is 0. The summed E-state index contributed by atoms with van der Waals surface area (Å²) in [5.74, 6) is 1.74. The lowest BCUT2D eigenvalue weighted by Gasteiger charge is -2.14. The summed E-state index contributed by atoms with van der Waals surface area (Å²) in [6, 6.07) is 3.88. The molecule has 124 valence electrons. The highest BCUT2D eigenvalue weighted by Crippen LogP contribution is 2.38. The maximum Gasteiger partial charge on any atom is 0.318 e. The molecule has 1 aromatic carbocycles. The van der Waals surface area contributed by atoms with E-state index in [9.17, 15) is 4.79 Å². The smallest absolute Gasteiger partial charge is 0.318 e. The van der Waals surface area contributed by atoms with E-state index in [2.05, 4.69) is 22.6 Å². The number of rotatable bonds is 9. The van der Waals surface area contributed by atoms with E-state index >= 15 is 0 Å². The Labute approximate surface area is 145 Å². The predicted molar refractivity (Wildman–Crippen MR) is 93.5 cm³/mol. The van der Waals surface area contributed by atoms with Crippen LogP contribution in [0.5, 0.6) is 17.2 Å². The molecule has 0 aliphatic carbocycles. The number of alkyl halides is 1. The first-order valence-corrected chi connectivity index (χ1v) is 8.41. The third-order valence-electron chi connectivity index (χ3n) is 3.19. The van der Waals surface area contributed by atoms with Gasteiger partial charge in [0.2, 0.25) is 5.75 Å². The van der Waals surface area contributed by atoms with E-state index in [1.54, 1.807) is 21.3 Å². The normalized spacial score (nSPS) is 11.7. The van der Waals surface area contributed by atoms with Crippen molar-refractivity contribution in [1.82, 2.24) is 0 Å². The molecule has 0 spiro atoms. The molecule has 5 nitrogen and oxygen atoms in total. The van der Waals surface area contributed by atoms with E-state index in [0.29, 0.717) is 23.9 Å². The van der Waals surface area contributed by atoms with E-state index in [1.807, 2.05) is 19.1 Å². The monoisotopic (exact) mass is 422 g/mol. The summed E-state index contributed by atoms with van der Waals surface area (Å²) in [6.45, 7) is 2.24. The average Bonchev–Trinajstić information content (AvgIpc) is 2.53. The summed E-state index contributed by atoms with van der Waals surface area (Å²) in [5.41, 5.74) is 1.09. The van der Waals surface area contributed by atoms with Crippen molar-refractivity contribution in [3.63, 3.8) is 0 Å². The van der Waals surface area contributed by atoms with Crippen molar-refractivity contribution in [2.24, 2.45) is 0 Å². The molecule has 0 amide bonds. The maximum atomic E-state index is 11.6. The highest BCUT2D eigenvalue weighted by molar-refractivity contribution is 14.1. The summed E-state index contributed by atoms with van der Waals surface area (Å²) >= 11 is 2.13. The van der Waals surface area contributed by atoms with Gasteiger partial charge in [0.25, 0.3) is 0 Å². The van der Waals surface area contributed by atoms with Crippen LogP contribution in [-0.4, -0.2) is 37.8 Å². The molecule has 1 rings (SSSR count). The number of aryl methyl sites for hydroxylation is 1. The minimum Gasteiger partial charge on any atom is -0.493 e. The minimum atomic E-state index is -0.145. The zero-order valence-corrected chi connectivity index (χ0v) is 15.6. The number of carbonyl (C=O) groups excluding carboxylic acids is 1. The van der Waals surface area contributed by atoms with E-state index < -0.39 is 0 Å². The summed E-state index contributed by atoms with van der Waals surface area (Å²) in [4.78, 5) is 11.6. The van der Waals surface area contributed by atoms with Gasteiger partial charge in [-0.15, -0.1) is 0 Å². The average molecular weight is 422 g/mol. The third kappa shape index (κ3) is 5.23. The van der Waals surface area contributed by atoms with Crippen molar-refractivity contribution in [1.29, 1.82) is 0 Å². The largest absolute Gasteiger partial charge is 0.493 e. The summed E-state index contributed by atoms with van der Waals surface area (Å²) < 4.78 is 20.9. The standard InChI is InChI=1S/C16H23IO5/c1-5-22-16(18)12(17)8-6-7-11-9-13(19-2)15(21-4)14(10-11)20-3/h9-10,12H,5-8H2,1-4H3. The predicted octanol–water partition coefficient (Wildman–Crippen LogP) is 3.40. The Kier molecular flexibility index (Phi) is 8.37. The Morgan fingerprint density at radius 3 is 2.18 bits per heavy atom. The number of esters is 1. The van der Waals surface area contributed by atoms with Gasteiger partial charge in [-0.25, -0.2) is 0 Å². The Balaban J connectivity index is 2.68. The van der Waals surface area contributed by atoms with Crippen molar-refractivity contribution in [3.8, 4) is 17.2 Å². The highest BCUT2D eigenvalue weighted by atomic mass is 127. The number of ether oxygens (including phenoxy) is 4. The zero-order chi connectivity index (χ0) is 16.5. The fourth-order valence-corrected chi connectivity index (χ4v) is 2.74. The second-order valence-electron chi connectivity index (χ2n) is 4.65.